The van der Waals surface area contributed by atoms with Crippen LogP contribution in [0.1, 0.15) is 15.9 Å². The molecule has 0 unspecified atom stereocenters. The molecule has 2 aromatic carbocycles. The third kappa shape index (κ3) is 3.87. The molecular formula is C22H18ClN3O4S. The highest BCUT2D eigenvalue weighted by Gasteiger charge is 2.20. The van der Waals surface area contributed by atoms with Crippen molar-refractivity contribution in [2.45, 2.75) is 6.92 Å². The fourth-order valence-corrected chi connectivity index (χ4v) is 4.19. The molecule has 4 rings (SSSR count). The molecule has 0 aliphatic heterocycles. The van der Waals surface area contributed by atoms with Gasteiger partial charge in [-0.05, 0) is 42.8 Å². The Kier molecular flexibility index (Phi) is 5.67. The number of carbonyl (C=O) groups is 1. The minimum atomic E-state index is -0.563. The van der Waals surface area contributed by atoms with Gasteiger partial charge in [-0.2, -0.15) is 0 Å². The van der Waals surface area contributed by atoms with Crippen LogP contribution in [-0.2, 0) is 0 Å². The van der Waals surface area contributed by atoms with Crippen LogP contribution < -0.4 is 20.3 Å². The molecule has 0 aliphatic rings. The molecule has 9 heteroatoms. The molecule has 0 fully saturated rings. The highest BCUT2D eigenvalue weighted by atomic mass is 35.5. The van der Waals surface area contributed by atoms with Gasteiger partial charge in [0.15, 0.2) is 4.96 Å². The summed E-state index contributed by atoms with van der Waals surface area (Å²) in [7, 11) is 3.11. The average molecular weight is 456 g/mol. The average Bonchev–Trinajstić information content (AvgIpc) is 3.21. The van der Waals surface area contributed by atoms with Crippen molar-refractivity contribution in [1.29, 1.82) is 0 Å². The summed E-state index contributed by atoms with van der Waals surface area (Å²) >= 11 is 7.32. The van der Waals surface area contributed by atoms with E-state index in [1.807, 2.05) is 6.92 Å². The third-order valence-electron chi connectivity index (χ3n) is 4.82. The summed E-state index contributed by atoms with van der Waals surface area (Å²) in [5.41, 5.74) is 2.00. The van der Waals surface area contributed by atoms with Gasteiger partial charge in [-0.15, -0.1) is 11.3 Å². The topological polar surface area (TPSA) is 81.9 Å². The van der Waals surface area contributed by atoms with E-state index >= 15 is 0 Å². The molecule has 0 saturated heterocycles. The number of benzene rings is 2. The molecule has 7 nitrogen and oxygen atoms in total. The molecule has 2 aromatic heterocycles. The molecule has 4 aromatic rings. The number of nitrogens with one attached hydrogen (secondary N) is 1. The quantitative estimate of drug-likeness (QED) is 0.473. The lowest BCUT2D eigenvalue weighted by Gasteiger charge is -2.11. The van der Waals surface area contributed by atoms with E-state index in [1.54, 1.807) is 56.0 Å². The van der Waals surface area contributed by atoms with Crippen LogP contribution in [0.4, 0.5) is 5.69 Å². The summed E-state index contributed by atoms with van der Waals surface area (Å²) in [6.45, 7) is 1.84. The Morgan fingerprint density at radius 2 is 1.97 bits per heavy atom. The molecule has 0 atom stereocenters. The Morgan fingerprint density at radius 3 is 2.71 bits per heavy atom. The molecular weight excluding hydrogens is 438 g/mol. The fourth-order valence-electron chi connectivity index (χ4n) is 3.17. The first kappa shape index (κ1) is 20.9. The zero-order chi connectivity index (χ0) is 22.1. The molecule has 1 amide bonds. The Bertz CT molecular complexity index is 1360. The molecule has 0 radical (unpaired) electrons. The minimum Gasteiger partial charge on any atom is -0.497 e. The van der Waals surface area contributed by atoms with Crippen molar-refractivity contribution in [3.8, 4) is 22.8 Å². The number of hydrogen-bond acceptors (Lipinski definition) is 6. The van der Waals surface area contributed by atoms with Gasteiger partial charge in [-0.1, -0.05) is 17.7 Å². The van der Waals surface area contributed by atoms with E-state index in [0.717, 1.165) is 5.56 Å². The van der Waals surface area contributed by atoms with Gasteiger partial charge in [0.05, 0.1) is 19.9 Å². The van der Waals surface area contributed by atoms with Crippen molar-refractivity contribution in [1.82, 2.24) is 9.38 Å². The second kappa shape index (κ2) is 8.41. The van der Waals surface area contributed by atoms with Crippen LogP contribution in [0.3, 0.4) is 0 Å². The van der Waals surface area contributed by atoms with Gasteiger partial charge in [0.25, 0.3) is 11.5 Å². The summed E-state index contributed by atoms with van der Waals surface area (Å²) in [5, 5.41) is 5.03. The van der Waals surface area contributed by atoms with Gasteiger partial charge in [0, 0.05) is 27.9 Å². The van der Waals surface area contributed by atoms with Gasteiger partial charge in [0.1, 0.15) is 17.1 Å². The molecule has 1 N–H and O–H groups in total. The van der Waals surface area contributed by atoms with Crippen molar-refractivity contribution in [3.63, 3.8) is 0 Å². The number of anilines is 1. The van der Waals surface area contributed by atoms with Crippen LogP contribution in [-0.4, -0.2) is 29.5 Å². The van der Waals surface area contributed by atoms with Crippen molar-refractivity contribution >= 4 is 39.5 Å². The first-order valence-electron chi connectivity index (χ1n) is 9.22. The van der Waals surface area contributed by atoms with Crippen LogP contribution in [0.5, 0.6) is 11.5 Å². The number of amides is 1. The maximum Gasteiger partial charge on any atom is 0.271 e. The number of aryl methyl sites for hydroxylation is 1. The standard InChI is InChI=1S/C22H18ClN3O4S/c1-12-4-5-13(23)8-17(12)25-20(27)16-10-24-22-26(21(16)28)18(11-31-22)15-9-14(29-2)6-7-19(15)30-3/h4-11H,1-3H3,(H,25,27). The van der Waals surface area contributed by atoms with E-state index in [9.17, 15) is 9.59 Å². The largest absolute Gasteiger partial charge is 0.497 e. The van der Waals surface area contributed by atoms with Crippen LogP contribution >= 0.6 is 22.9 Å². The number of rotatable bonds is 5. The Morgan fingerprint density at radius 1 is 1.16 bits per heavy atom. The molecule has 0 spiro atoms. The number of methoxy groups -OCH3 is 2. The monoisotopic (exact) mass is 455 g/mol. The molecule has 158 valence electrons. The van der Waals surface area contributed by atoms with Gasteiger partial charge in [-0.3, -0.25) is 14.0 Å². The van der Waals surface area contributed by atoms with Crippen LogP contribution in [0, 0.1) is 6.92 Å². The first-order valence-corrected chi connectivity index (χ1v) is 10.5. The molecule has 2 heterocycles. The molecule has 0 saturated carbocycles. The lowest BCUT2D eigenvalue weighted by Crippen LogP contribution is -2.26. The minimum absolute atomic E-state index is 0.0848. The Hall–Kier alpha value is -3.36. The SMILES string of the molecule is COc1ccc(OC)c(-c2csc3ncc(C(=O)Nc4cc(Cl)ccc4C)c(=O)n23)c1. The summed E-state index contributed by atoms with van der Waals surface area (Å²) in [6, 6.07) is 10.5. The number of fused-ring (bicyclic) bond motifs is 1. The summed E-state index contributed by atoms with van der Waals surface area (Å²) in [5.74, 6) is 0.616. The van der Waals surface area contributed by atoms with E-state index in [1.165, 1.54) is 21.9 Å². The Balaban J connectivity index is 1.83. The first-order chi connectivity index (χ1) is 14.9. The zero-order valence-electron chi connectivity index (χ0n) is 16.9. The van der Waals surface area contributed by atoms with Crippen LogP contribution in [0.2, 0.25) is 5.02 Å². The maximum atomic E-state index is 13.3. The Labute approximate surface area is 186 Å². The number of nitrogens with zero attached hydrogens (tertiary/aromatic N) is 2. The normalized spacial score (nSPS) is 10.8. The zero-order valence-corrected chi connectivity index (χ0v) is 18.5. The predicted octanol–water partition coefficient (Wildman–Crippen LogP) is 4.65. The number of carbonyl (C=O) groups excluding carboxylic acids is 1. The van der Waals surface area contributed by atoms with Crippen LogP contribution in [0.25, 0.3) is 16.2 Å². The van der Waals surface area contributed by atoms with E-state index in [0.29, 0.717) is 38.4 Å². The second-order valence-electron chi connectivity index (χ2n) is 6.70. The number of thiazole rings is 1. The van der Waals surface area contributed by atoms with Crippen molar-refractivity contribution in [2.75, 3.05) is 19.5 Å². The van der Waals surface area contributed by atoms with Gasteiger partial charge in [0.2, 0.25) is 0 Å². The van der Waals surface area contributed by atoms with E-state index in [2.05, 4.69) is 10.3 Å². The molecule has 0 aliphatic carbocycles. The van der Waals surface area contributed by atoms with E-state index < -0.39 is 11.5 Å². The highest BCUT2D eigenvalue weighted by Crippen LogP contribution is 2.35. The van der Waals surface area contributed by atoms with E-state index in [-0.39, 0.29) is 5.56 Å². The highest BCUT2D eigenvalue weighted by molar-refractivity contribution is 7.15. The second-order valence-corrected chi connectivity index (χ2v) is 7.97. The van der Waals surface area contributed by atoms with Gasteiger partial charge < -0.3 is 14.8 Å². The maximum absolute atomic E-state index is 13.3. The number of halogens is 1. The van der Waals surface area contributed by atoms with Crippen molar-refractivity contribution in [3.05, 3.63) is 74.5 Å². The van der Waals surface area contributed by atoms with Crippen LogP contribution in [0.15, 0.2) is 52.8 Å². The number of aromatic nitrogens is 2. The van der Waals surface area contributed by atoms with E-state index in [4.69, 9.17) is 21.1 Å². The number of hydrogen-bond donors (Lipinski definition) is 1. The molecule has 31 heavy (non-hydrogen) atoms. The summed E-state index contributed by atoms with van der Waals surface area (Å²) < 4.78 is 12.2. The predicted molar refractivity (Wildman–Crippen MR) is 122 cm³/mol. The van der Waals surface area contributed by atoms with Gasteiger partial charge >= 0.3 is 0 Å². The number of ether oxygens (including phenoxy) is 2. The smallest absolute Gasteiger partial charge is 0.271 e. The fraction of sp³-hybridized carbons (Fsp3) is 0.136. The van der Waals surface area contributed by atoms with Crippen molar-refractivity contribution in [2.24, 2.45) is 0 Å². The lowest BCUT2D eigenvalue weighted by atomic mass is 10.1. The lowest BCUT2D eigenvalue weighted by molar-refractivity contribution is 0.102. The summed E-state index contributed by atoms with van der Waals surface area (Å²) in [4.78, 5) is 30.9. The molecule has 0 bridgehead atoms. The summed E-state index contributed by atoms with van der Waals surface area (Å²) in [6.07, 6.45) is 1.29. The third-order valence-corrected chi connectivity index (χ3v) is 5.90. The van der Waals surface area contributed by atoms with Gasteiger partial charge in [-0.25, -0.2) is 4.98 Å². The van der Waals surface area contributed by atoms with Crippen molar-refractivity contribution < 1.29 is 14.3 Å².